The van der Waals surface area contributed by atoms with Crippen LogP contribution in [-0.2, 0) is 71.5 Å². The van der Waals surface area contributed by atoms with Gasteiger partial charge in [0.25, 0.3) is 0 Å². The topological polar surface area (TPSA) is 248 Å². The maximum Gasteiger partial charge on any atom is 0.330 e. The molecule has 0 saturated heterocycles. The first-order valence-corrected chi connectivity index (χ1v) is 20.1. The zero-order chi connectivity index (χ0) is 47.9. The van der Waals surface area contributed by atoms with Crippen LogP contribution >= 0.6 is 0 Å². The summed E-state index contributed by atoms with van der Waals surface area (Å²) >= 11 is 0. The van der Waals surface area contributed by atoms with Crippen molar-refractivity contribution in [2.75, 3.05) is 52.9 Å². The van der Waals surface area contributed by atoms with Crippen molar-refractivity contribution in [3.8, 4) is 5.75 Å². The third kappa shape index (κ3) is 18.8. The van der Waals surface area contributed by atoms with Gasteiger partial charge in [-0.3, -0.25) is 28.8 Å². The highest BCUT2D eigenvalue weighted by molar-refractivity contribution is 6.03. The van der Waals surface area contributed by atoms with Crippen LogP contribution in [0.1, 0.15) is 90.4 Å². The number of rotatable bonds is 31. The number of Topliss-reactive ketones (excluding diaryl/α,β-unsaturated/α-hetero) is 2. The van der Waals surface area contributed by atoms with Crippen molar-refractivity contribution in [2.24, 2.45) is 16.2 Å². The van der Waals surface area contributed by atoms with Gasteiger partial charge in [0, 0.05) is 43.6 Å². The van der Waals surface area contributed by atoms with E-state index in [2.05, 4.69) is 19.7 Å². The van der Waals surface area contributed by atoms with E-state index in [0.29, 0.717) is 5.75 Å². The number of ether oxygens (including phenoxy) is 8. The molecular formula is C45H60O18. The number of carbonyl (C=O) groups is 9. The molecule has 63 heavy (non-hydrogen) atoms. The van der Waals surface area contributed by atoms with E-state index in [4.69, 9.17) is 37.9 Å². The highest BCUT2D eigenvalue weighted by Gasteiger charge is 2.46. The second-order valence-corrected chi connectivity index (χ2v) is 15.3. The number of esters is 7. The lowest BCUT2D eigenvalue weighted by Gasteiger charge is -2.32. The molecule has 2 unspecified atom stereocenters. The molecule has 2 atom stereocenters. The van der Waals surface area contributed by atoms with Crippen molar-refractivity contribution in [1.82, 2.24) is 0 Å². The Morgan fingerprint density at radius 3 is 1.33 bits per heavy atom. The summed E-state index contributed by atoms with van der Waals surface area (Å²) in [7, 11) is 0. The lowest BCUT2D eigenvalue weighted by Crippen LogP contribution is -2.42. The van der Waals surface area contributed by atoms with Gasteiger partial charge in [-0.05, 0) is 70.7 Å². The SMILES string of the molecule is C=CC(=O)OCC(CC)(COC(C)=O)COC(=O)CCC(CCC(=O)OCC(CC)(COC(=O)C=C)COC(=O)C=C)(C(C)=O)C(=O)OCCOc1ccc(C(=O)C(C)(C)O)cc1. The minimum atomic E-state index is -2.10. The van der Waals surface area contributed by atoms with Crippen LogP contribution < -0.4 is 4.74 Å². The van der Waals surface area contributed by atoms with Crippen LogP contribution in [0, 0.1) is 16.2 Å². The van der Waals surface area contributed by atoms with Gasteiger partial charge >= 0.3 is 41.8 Å². The molecule has 1 N–H and O–H groups in total. The normalized spacial score (nSPS) is 13.0. The molecule has 18 heteroatoms. The van der Waals surface area contributed by atoms with Gasteiger partial charge < -0.3 is 43.0 Å². The summed E-state index contributed by atoms with van der Waals surface area (Å²) in [6.07, 6.45) is 1.12. The van der Waals surface area contributed by atoms with Gasteiger partial charge in [0.1, 0.15) is 75.4 Å². The van der Waals surface area contributed by atoms with Gasteiger partial charge in [0.2, 0.25) is 0 Å². The summed E-state index contributed by atoms with van der Waals surface area (Å²) in [6, 6.07) is 5.84. The maximum absolute atomic E-state index is 13.9. The molecule has 0 heterocycles. The predicted octanol–water partition coefficient (Wildman–Crippen LogP) is 4.33. The molecule has 0 saturated carbocycles. The van der Waals surface area contributed by atoms with Crippen molar-refractivity contribution >= 4 is 53.4 Å². The van der Waals surface area contributed by atoms with E-state index < -0.39 is 121 Å². The second kappa shape index (κ2) is 26.3. The average Bonchev–Trinajstić information content (AvgIpc) is 3.26. The van der Waals surface area contributed by atoms with Gasteiger partial charge in [0.15, 0.2) is 5.78 Å². The number of hydrogen-bond acceptors (Lipinski definition) is 18. The van der Waals surface area contributed by atoms with E-state index >= 15 is 0 Å². The smallest absolute Gasteiger partial charge is 0.330 e. The number of benzene rings is 1. The molecule has 1 rings (SSSR count). The predicted molar refractivity (Wildman–Crippen MR) is 223 cm³/mol. The Balaban J connectivity index is 3.32. The van der Waals surface area contributed by atoms with E-state index in [-0.39, 0.29) is 51.4 Å². The average molecular weight is 889 g/mol. The fourth-order valence-electron chi connectivity index (χ4n) is 5.52. The first-order valence-electron chi connectivity index (χ1n) is 20.1. The quantitative estimate of drug-likeness (QED) is 0.0272. The Bertz CT molecular complexity index is 1780. The summed E-state index contributed by atoms with van der Waals surface area (Å²) in [6.45, 7) is 15.7. The monoisotopic (exact) mass is 888 g/mol. The van der Waals surface area contributed by atoms with Gasteiger partial charge in [-0.1, -0.05) is 33.6 Å². The summed E-state index contributed by atoms with van der Waals surface area (Å²) in [5.74, 6) is -6.81. The Morgan fingerprint density at radius 2 is 0.984 bits per heavy atom. The van der Waals surface area contributed by atoms with Gasteiger partial charge in [-0.25, -0.2) is 14.4 Å². The van der Waals surface area contributed by atoms with Crippen LogP contribution in [0.3, 0.4) is 0 Å². The number of aliphatic hydroxyl groups is 1. The largest absolute Gasteiger partial charge is 0.490 e. The number of carbonyl (C=O) groups excluding carboxylic acids is 9. The maximum atomic E-state index is 13.9. The molecule has 0 aliphatic rings. The van der Waals surface area contributed by atoms with Crippen molar-refractivity contribution in [3.05, 3.63) is 67.8 Å². The Labute approximate surface area is 367 Å². The van der Waals surface area contributed by atoms with Gasteiger partial charge in [-0.15, -0.1) is 0 Å². The fraction of sp³-hybridized carbons (Fsp3) is 0.533. The molecule has 0 fully saturated rings. The van der Waals surface area contributed by atoms with Crippen molar-refractivity contribution < 1.29 is 86.2 Å². The number of ketones is 2. The highest BCUT2D eigenvalue weighted by Crippen LogP contribution is 2.35. The molecule has 0 bridgehead atoms. The third-order valence-electron chi connectivity index (χ3n) is 10.1. The molecule has 0 amide bonds. The lowest BCUT2D eigenvalue weighted by atomic mass is 9.75. The minimum absolute atomic E-state index is 0.197. The van der Waals surface area contributed by atoms with E-state index in [0.717, 1.165) is 25.2 Å². The molecule has 1 aromatic rings. The highest BCUT2D eigenvalue weighted by atomic mass is 16.6. The fourth-order valence-corrected chi connectivity index (χ4v) is 5.52. The molecule has 0 radical (unpaired) electrons. The first kappa shape index (κ1) is 54.8. The van der Waals surface area contributed by atoms with Crippen LogP contribution in [0.2, 0.25) is 0 Å². The molecule has 0 spiro atoms. The second-order valence-electron chi connectivity index (χ2n) is 15.3. The summed E-state index contributed by atoms with van der Waals surface area (Å²) in [5, 5.41) is 10.0. The summed E-state index contributed by atoms with van der Waals surface area (Å²) in [5.41, 5.74) is -5.82. The lowest BCUT2D eigenvalue weighted by molar-refractivity contribution is -0.164. The van der Waals surface area contributed by atoms with Crippen molar-refractivity contribution in [2.45, 2.75) is 85.7 Å². The summed E-state index contributed by atoms with van der Waals surface area (Å²) in [4.78, 5) is 113. The summed E-state index contributed by atoms with van der Waals surface area (Å²) < 4.78 is 42.8. The molecule has 1 aromatic carbocycles. The molecule has 0 aliphatic carbocycles. The molecule has 348 valence electrons. The van der Waals surface area contributed by atoms with E-state index in [1.54, 1.807) is 13.8 Å². The van der Waals surface area contributed by atoms with Crippen LogP contribution in [0.5, 0.6) is 5.75 Å². The van der Waals surface area contributed by atoms with Crippen molar-refractivity contribution in [3.63, 3.8) is 0 Å². The molecule has 18 nitrogen and oxygen atoms in total. The Hall–Kier alpha value is -6.17. The van der Waals surface area contributed by atoms with E-state index in [9.17, 15) is 48.3 Å². The molecule has 0 aromatic heterocycles. The van der Waals surface area contributed by atoms with Crippen LogP contribution in [0.15, 0.2) is 62.2 Å². The van der Waals surface area contributed by atoms with Crippen LogP contribution in [-0.4, -0.2) is 117 Å². The van der Waals surface area contributed by atoms with E-state index in [1.165, 1.54) is 45.0 Å². The number of hydrogen-bond donors (Lipinski definition) is 1. The standard InChI is InChI=1S/C45H60O18/c1-10-35(48)59-26-43(13-4,25-58-32(7)47)29-62-38(51)19-21-45(31(6)46,41(54)57-24-23-56-34-17-15-33(16-18-34)40(53)42(8,9)55)22-20-39(52)63-30-44(14-5,27-60-36(49)11-2)28-61-37(50)12-3/h10-12,15-18,55H,1-3,13-14,19-30H2,4-9H3. The van der Waals surface area contributed by atoms with Crippen molar-refractivity contribution in [1.29, 1.82) is 0 Å². The Morgan fingerprint density at radius 1 is 0.587 bits per heavy atom. The van der Waals surface area contributed by atoms with Crippen LogP contribution in [0.25, 0.3) is 0 Å². The zero-order valence-corrected chi connectivity index (χ0v) is 36.9. The Kier molecular flexibility index (Phi) is 22.9. The minimum Gasteiger partial charge on any atom is -0.490 e. The van der Waals surface area contributed by atoms with Gasteiger partial charge in [0.05, 0.1) is 10.8 Å². The van der Waals surface area contributed by atoms with Crippen LogP contribution in [0.4, 0.5) is 0 Å². The molecular weight excluding hydrogens is 828 g/mol. The first-order chi connectivity index (χ1) is 29.6. The van der Waals surface area contributed by atoms with Gasteiger partial charge in [-0.2, -0.15) is 0 Å². The third-order valence-corrected chi connectivity index (χ3v) is 10.1. The van der Waals surface area contributed by atoms with E-state index in [1.807, 2.05) is 0 Å². The molecule has 0 aliphatic heterocycles. The zero-order valence-electron chi connectivity index (χ0n) is 36.9.